The van der Waals surface area contributed by atoms with Crippen molar-refractivity contribution in [3.8, 4) is 17.2 Å². The second-order valence-corrected chi connectivity index (χ2v) is 6.40. The molecule has 2 rings (SSSR count). The second kappa shape index (κ2) is 14.3. The SMILES string of the molecule is COCCNC(=NCc1cc(OC)c(OC)c(OC)c1)NCc1ccc([N+](=O)[O-])cc1.I. The third kappa shape index (κ3) is 8.04. The van der Waals surface area contributed by atoms with Crippen LogP contribution < -0.4 is 24.8 Å². The molecule has 10 nitrogen and oxygen atoms in total. The summed E-state index contributed by atoms with van der Waals surface area (Å²) in [7, 11) is 6.30. The van der Waals surface area contributed by atoms with Gasteiger partial charge in [0.1, 0.15) is 0 Å². The van der Waals surface area contributed by atoms with Gasteiger partial charge in [-0.3, -0.25) is 10.1 Å². The second-order valence-electron chi connectivity index (χ2n) is 6.40. The predicted molar refractivity (Wildman–Crippen MR) is 132 cm³/mol. The maximum atomic E-state index is 10.8. The predicted octanol–water partition coefficient (Wildman–Crippen LogP) is 3.12. The van der Waals surface area contributed by atoms with Crippen LogP contribution in [0.15, 0.2) is 41.4 Å². The molecule has 11 heteroatoms. The van der Waals surface area contributed by atoms with Crippen molar-refractivity contribution in [1.82, 2.24) is 10.6 Å². The molecule has 0 aliphatic carbocycles. The number of benzene rings is 2. The van der Waals surface area contributed by atoms with Gasteiger partial charge in [0.25, 0.3) is 5.69 Å². The summed E-state index contributed by atoms with van der Waals surface area (Å²) >= 11 is 0. The van der Waals surface area contributed by atoms with Crippen molar-refractivity contribution >= 4 is 35.6 Å². The molecule has 176 valence electrons. The van der Waals surface area contributed by atoms with Crippen molar-refractivity contribution in [3.63, 3.8) is 0 Å². The third-order valence-electron chi connectivity index (χ3n) is 4.35. The van der Waals surface area contributed by atoms with Crippen LogP contribution in [0.2, 0.25) is 0 Å². The highest BCUT2D eigenvalue weighted by Gasteiger charge is 2.13. The van der Waals surface area contributed by atoms with Crippen molar-refractivity contribution in [2.45, 2.75) is 13.1 Å². The van der Waals surface area contributed by atoms with Crippen molar-refractivity contribution in [1.29, 1.82) is 0 Å². The molecule has 0 aliphatic heterocycles. The molecule has 0 aliphatic rings. The van der Waals surface area contributed by atoms with E-state index in [1.165, 1.54) is 12.1 Å². The highest BCUT2D eigenvalue weighted by molar-refractivity contribution is 14.0. The summed E-state index contributed by atoms with van der Waals surface area (Å²) in [6.45, 7) is 1.89. The van der Waals surface area contributed by atoms with E-state index in [0.717, 1.165) is 11.1 Å². The molecule has 0 atom stereocenters. The van der Waals surface area contributed by atoms with Gasteiger partial charge < -0.3 is 29.6 Å². The van der Waals surface area contributed by atoms with E-state index in [4.69, 9.17) is 18.9 Å². The molecule has 0 heterocycles. The van der Waals surface area contributed by atoms with Crippen molar-refractivity contribution < 1.29 is 23.9 Å². The smallest absolute Gasteiger partial charge is 0.269 e. The Labute approximate surface area is 204 Å². The summed E-state index contributed by atoms with van der Waals surface area (Å²) in [6, 6.07) is 10.0. The number of halogens is 1. The Morgan fingerprint density at radius 3 is 2.09 bits per heavy atom. The fraction of sp³-hybridized carbons (Fsp3) is 0.381. The zero-order valence-corrected chi connectivity index (χ0v) is 20.9. The van der Waals surface area contributed by atoms with Crippen molar-refractivity contribution in [2.75, 3.05) is 41.6 Å². The van der Waals surface area contributed by atoms with Crippen LogP contribution in [0, 0.1) is 10.1 Å². The quantitative estimate of drug-likeness (QED) is 0.108. The molecule has 0 unspecified atom stereocenters. The standard InChI is InChI=1S/C21H28N4O6.HI/c1-28-10-9-22-21(23-13-15-5-7-17(8-6-15)25(26)27)24-14-16-11-18(29-2)20(31-4)19(12-16)30-3;/h5-8,11-12H,9-10,13-14H2,1-4H3,(H2,22,23,24);1H. The summed E-state index contributed by atoms with van der Waals surface area (Å²) < 4.78 is 21.2. The van der Waals surface area contributed by atoms with Gasteiger partial charge in [0.2, 0.25) is 5.75 Å². The van der Waals surface area contributed by atoms with Crippen molar-refractivity contribution in [2.24, 2.45) is 4.99 Å². The minimum Gasteiger partial charge on any atom is -0.493 e. The molecule has 32 heavy (non-hydrogen) atoms. The Bertz CT molecular complexity index is 867. The van der Waals surface area contributed by atoms with Crippen LogP contribution in [0.25, 0.3) is 0 Å². The van der Waals surface area contributed by atoms with E-state index in [-0.39, 0.29) is 29.7 Å². The van der Waals surface area contributed by atoms with E-state index in [0.29, 0.717) is 49.4 Å². The number of nitro benzene ring substituents is 1. The van der Waals surface area contributed by atoms with Crippen molar-refractivity contribution in [3.05, 3.63) is 57.6 Å². The Morgan fingerprint density at radius 1 is 0.969 bits per heavy atom. The van der Waals surface area contributed by atoms with Gasteiger partial charge in [-0.05, 0) is 23.3 Å². The minimum atomic E-state index is -0.423. The van der Waals surface area contributed by atoms with Gasteiger partial charge in [0, 0.05) is 32.3 Å². The molecule has 0 aromatic heterocycles. The lowest BCUT2D eigenvalue weighted by Gasteiger charge is -2.15. The van der Waals surface area contributed by atoms with E-state index in [9.17, 15) is 10.1 Å². The van der Waals surface area contributed by atoms with Crippen LogP contribution in [0.1, 0.15) is 11.1 Å². The number of rotatable bonds is 11. The molecule has 0 bridgehead atoms. The lowest BCUT2D eigenvalue weighted by atomic mass is 10.2. The monoisotopic (exact) mass is 560 g/mol. The van der Waals surface area contributed by atoms with Crippen LogP contribution in [0.4, 0.5) is 5.69 Å². The number of nitrogens with zero attached hydrogens (tertiary/aromatic N) is 2. The fourth-order valence-electron chi connectivity index (χ4n) is 2.76. The number of nitrogens with one attached hydrogen (secondary N) is 2. The fourth-order valence-corrected chi connectivity index (χ4v) is 2.76. The van der Waals surface area contributed by atoms with Gasteiger partial charge in [-0.1, -0.05) is 12.1 Å². The summed E-state index contributed by atoms with van der Waals surface area (Å²) in [4.78, 5) is 15.0. The molecular weight excluding hydrogens is 531 g/mol. The molecule has 0 spiro atoms. The zero-order valence-electron chi connectivity index (χ0n) is 18.5. The number of hydrogen-bond donors (Lipinski definition) is 2. The third-order valence-corrected chi connectivity index (χ3v) is 4.35. The average molecular weight is 560 g/mol. The number of methoxy groups -OCH3 is 4. The van der Waals surface area contributed by atoms with Crippen LogP contribution in [-0.2, 0) is 17.8 Å². The lowest BCUT2D eigenvalue weighted by molar-refractivity contribution is -0.384. The molecule has 0 saturated carbocycles. The van der Waals surface area contributed by atoms with E-state index in [1.54, 1.807) is 40.6 Å². The first-order valence-electron chi connectivity index (χ1n) is 9.55. The molecule has 2 aromatic carbocycles. The average Bonchev–Trinajstić information content (AvgIpc) is 2.79. The van der Waals surface area contributed by atoms with Gasteiger partial charge in [0.15, 0.2) is 17.5 Å². The largest absolute Gasteiger partial charge is 0.493 e. The van der Waals surface area contributed by atoms with Gasteiger partial charge in [-0.25, -0.2) is 4.99 Å². The number of ether oxygens (including phenoxy) is 4. The van der Waals surface area contributed by atoms with Gasteiger partial charge >= 0.3 is 0 Å². The first-order chi connectivity index (χ1) is 15.0. The van der Waals surface area contributed by atoms with Crippen LogP contribution >= 0.6 is 24.0 Å². The van der Waals surface area contributed by atoms with Crippen LogP contribution in [-0.4, -0.2) is 52.5 Å². The molecule has 2 N–H and O–H groups in total. The molecule has 0 fully saturated rings. The maximum Gasteiger partial charge on any atom is 0.269 e. The Hall–Kier alpha value is -2.80. The number of aliphatic imine (C=N–C) groups is 1. The highest BCUT2D eigenvalue weighted by atomic mass is 127. The first kappa shape index (κ1) is 27.2. The molecular formula is C21H29IN4O6. The number of guanidine groups is 1. The maximum absolute atomic E-state index is 10.8. The van der Waals surface area contributed by atoms with Gasteiger partial charge in [-0.15, -0.1) is 24.0 Å². The van der Waals surface area contributed by atoms with E-state index < -0.39 is 4.92 Å². The normalized spacial score (nSPS) is 10.7. The van der Waals surface area contributed by atoms with Crippen LogP contribution in [0.5, 0.6) is 17.2 Å². The zero-order chi connectivity index (χ0) is 22.6. The minimum absolute atomic E-state index is 0. The van der Waals surface area contributed by atoms with Gasteiger partial charge in [-0.2, -0.15) is 0 Å². The summed E-state index contributed by atoms with van der Waals surface area (Å²) in [5.74, 6) is 2.20. The summed E-state index contributed by atoms with van der Waals surface area (Å²) in [6.07, 6.45) is 0. The Kier molecular flexibility index (Phi) is 12.2. The van der Waals surface area contributed by atoms with Crippen LogP contribution in [0.3, 0.4) is 0 Å². The molecule has 0 amide bonds. The van der Waals surface area contributed by atoms with E-state index in [1.807, 2.05) is 12.1 Å². The molecule has 2 aromatic rings. The number of hydrogen-bond acceptors (Lipinski definition) is 7. The topological polar surface area (TPSA) is 116 Å². The lowest BCUT2D eigenvalue weighted by Crippen LogP contribution is -2.38. The number of nitro groups is 1. The Morgan fingerprint density at radius 2 is 1.59 bits per heavy atom. The summed E-state index contributed by atoms with van der Waals surface area (Å²) in [5.41, 5.74) is 1.82. The van der Waals surface area contributed by atoms with E-state index >= 15 is 0 Å². The van der Waals surface area contributed by atoms with Gasteiger partial charge in [0.05, 0.1) is 39.4 Å². The molecule has 0 saturated heterocycles. The Balaban J connectivity index is 0.00000512. The summed E-state index contributed by atoms with van der Waals surface area (Å²) in [5, 5.41) is 17.2. The number of non-ortho nitro benzene ring substituents is 1. The first-order valence-corrected chi connectivity index (χ1v) is 9.55. The van der Waals surface area contributed by atoms with E-state index in [2.05, 4.69) is 15.6 Å². The highest BCUT2D eigenvalue weighted by Crippen LogP contribution is 2.38. The molecule has 0 radical (unpaired) electrons.